The lowest BCUT2D eigenvalue weighted by molar-refractivity contribution is 0.0606. The van der Waals surface area contributed by atoms with Crippen molar-refractivity contribution in [2.75, 3.05) is 27.4 Å². The summed E-state index contributed by atoms with van der Waals surface area (Å²) in [6.07, 6.45) is 1.53. The molecule has 1 aromatic heterocycles. The predicted octanol–water partition coefficient (Wildman–Crippen LogP) is 0.666. The van der Waals surface area contributed by atoms with Crippen LogP contribution in [-0.2, 0) is 16.0 Å². The molecular formula is C9H14N2O3S. The molecule has 1 heterocycles. The highest BCUT2D eigenvalue weighted by Crippen LogP contribution is 2.13. The van der Waals surface area contributed by atoms with Crippen LogP contribution in [0.2, 0.25) is 0 Å². The van der Waals surface area contributed by atoms with Gasteiger partial charge in [0.15, 0.2) is 0 Å². The average Bonchev–Trinajstić information content (AvgIpc) is 2.72. The fraction of sp³-hybridized carbons (Fsp3) is 0.556. The van der Waals surface area contributed by atoms with Crippen molar-refractivity contribution in [1.82, 2.24) is 10.3 Å². The second kappa shape index (κ2) is 6.49. The Labute approximate surface area is 92.4 Å². The lowest BCUT2D eigenvalue weighted by Crippen LogP contribution is -2.18. The molecule has 0 spiro atoms. The second-order valence-corrected chi connectivity index (χ2v) is 3.89. The molecule has 0 radical (unpaired) electrons. The van der Waals surface area contributed by atoms with Crippen molar-refractivity contribution in [3.8, 4) is 0 Å². The Hall–Kier alpha value is -0.980. The van der Waals surface area contributed by atoms with E-state index in [2.05, 4.69) is 15.0 Å². The second-order valence-electron chi connectivity index (χ2n) is 2.78. The first-order chi connectivity index (χ1) is 7.27. The number of aromatic nitrogens is 1. The molecule has 0 aromatic carbocycles. The van der Waals surface area contributed by atoms with Gasteiger partial charge in [-0.25, -0.2) is 9.78 Å². The molecule has 5 nitrogen and oxygen atoms in total. The van der Waals surface area contributed by atoms with Crippen LogP contribution in [0.4, 0.5) is 0 Å². The fourth-order valence-corrected chi connectivity index (χ4v) is 1.76. The summed E-state index contributed by atoms with van der Waals surface area (Å²) in [5, 5.41) is 4.01. The van der Waals surface area contributed by atoms with E-state index >= 15 is 0 Å². The molecule has 0 aliphatic carbocycles. The first-order valence-electron chi connectivity index (χ1n) is 4.50. The molecule has 6 heteroatoms. The van der Waals surface area contributed by atoms with E-state index in [1.54, 1.807) is 7.11 Å². The van der Waals surface area contributed by atoms with E-state index in [-0.39, 0.29) is 5.97 Å². The Morgan fingerprint density at radius 2 is 2.40 bits per heavy atom. The number of hydrogen-bond donors (Lipinski definition) is 1. The molecule has 15 heavy (non-hydrogen) atoms. The van der Waals surface area contributed by atoms with Gasteiger partial charge in [0.1, 0.15) is 9.88 Å². The molecule has 0 saturated carbocycles. The molecule has 1 aromatic rings. The van der Waals surface area contributed by atoms with Crippen LogP contribution < -0.4 is 5.32 Å². The summed E-state index contributed by atoms with van der Waals surface area (Å²) in [6.45, 7) is 2.07. The molecule has 0 bridgehead atoms. The Kier molecular flexibility index (Phi) is 5.23. The summed E-state index contributed by atoms with van der Waals surface area (Å²) < 4.78 is 9.47. The largest absolute Gasteiger partial charge is 0.465 e. The smallest absolute Gasteiger partial charge is 0.349 e. The summed E-state index contributed by atoms with van der Waals surface area (Å²) in [6, 6.07) is 0. The number of esters is 1. The summed E-state index contributed by atoms with van der Waals surface area (Å²) in [5.74, 6) is -0.337. The van der Waals surface area contributed by atoms with Crippen molar-refractivity contribution in [3.05, 3.63) is 16.1 Å². The fourth-order valence-electron chi connectivity index (χ4n) is 0.956. The van der Waals surface area contributed by atoms with Crippen LogP contribution >= 0.6 is 11.3 Å². The maximum absolute atomic E-state index is 11.1. The highest BCUT2D eigenvalue weighted by Gasteiger charge is 2.09. The van der Waals surface area contributed by atoms with Gasteiger partial charge >= 0.3 is 5.97 Å². The van der Waals surface area contributed by atoms with Crippen molar-refractivity contribution >= 4 is 17.3 Å². The molecule has 0 aliphatic rings. The monoisotopic (exact) mass is 230 g/mol. The first kappa shape index (κ1) is 12.1. The third-order valence-corrected chi connectivity index (χ3v) is 2.68. The van der Waals surface area contributed by atoms with Crippen LogP contribution in [0, 0.1) is 0 Å². The topological polar surface area (TPSA) is 60.5 Å². The SMILES string of the molecule is COCCNCc1ncc(C(=O)OC)s1. The van der Waals surface area contributed by atoms with Crippen molar-refractivity contribution < 1.29 is 14.3 Å². The minimum absolute atomic E-state index is 0.337. The van der Waals surface area contributed by atoms with Gasteiger partial charge in [-0.05, 0) is 0 Å². The highest BCUT2D eigenvalue weighted by molar-refractivity contribution is 7.13. The number of carbonyl (C=O) groups is 1. The number of rotatable bonds is 6. The molecule has 84 valence electrons. The van der Waals surface area contributed by atoms with E-state index < -0.39 is 0 Å². The summed E-state index contributed by atoms with van der Waals surface area (Å²) in [5.41, 5.74) is 0. The zero-order valence-electron chi connectivity index (χ0n) is 8.78. The molecule has 1 rings (SSSR count). The third kappa shape index (κ3) is 3.94. The molecular weight excluding hydrogens is 216 g/mol. The molecule has 0 unspecified atom stereocenters. The summed E-state index contributed by atoms with van der Waals surface area (Å²) in [4.78, 5) is 15.7. The molecule has 0 fully saturated rings. The summed E-state index contributed by atoms with van der Waals surface area (Å²) in [7, 11) is 3.01. The van der Waals surface area contributed by atoms with Gasteiger partial charge in [0.25, 0.3) is 0 Å². The van der Waals surface area contributed by atoms with Crippen molar-refractivity contribution in [1.29, 1.82) is 0 Å². The highest BCUT2D eigenvalue weighted by atomic mass is 32.1. The van der Waals surface area contributed by atoms with Crippen molar-refractivity contribution in [3.63, 3.8) is 0 Å². The van der Waals surface area contributed by atoms with Gasteiger partial charge < -0.3 is 14.8 Å². The van der Waals surface area contributed by atoms with Gasteiger partial charge in [-0.2, -0.15) is 0 Å². The van der Waals surface area contributed by atoms with Gasteiger partial charge in [-0.15, -0.1) is 11.3 Å². The Morgan fingerprint density at radius 1 is 1.60 bits per heavy atom. The Morgan fingerprint density at radius 3 is 3.07 bits per heavy atom. The molecule has 0 saturated heterocycles. The number of methoxy groups -OCH3 is 2. The maximum Gasteiger partial charge on any atom is 0.349 e. The molecule has 0 amide bonds. The van der Waals surface area contributed by atoms with Crippen LogP contribution in [0.1, 0.15) is 14.7 Å². The van der Waals surface area contributed by atoms with Crippen LogP contribution in [0.25, 0.3) is 0 Å². The van der Waals surface area contributed by atoms with Crippen LogP contribution in [0.15, 0.2) is 6.20 Å². The van der Waals surface area contributed by atoms with E-state index in [9.17, 15) is 4.79 Å². The summed E-state index contributed by atoms with van der Waals surface area (Å²) >= 11 is 1.33. The minimum Gasteiger partial charge on any atom is -0.465 e. The van der Waals surface area contributed by atoms with Gasteiger partial charge in [-0.1, -0.05) is 0 Å². The van der Waals surface area contributed by atoms with E-state index in [1.807, 2.05) is 0 Å². The number of ether oxygens (including phenoxy) is 2. The van der Waals surface area contributed by atoms with Gasteiger partial charge in [0.05, 0.1) is 19.9 Å². The van der Waals surface area contributed by atoms with Crippen LogP contribution in [-0.4, -0.2) is 38.3 Å². The van der Waals surface area contributed by atoms with Crippen molar-refractivity contribution in [2.45, 2.75) is 6.54 Å². The third-order valence-electron chi connectivity index (χ3n) is 1.70. The van der Waals surface area contributed by atoms with E-state index in [1.165, 1.54) is 24.6 Å². The minimum atomic E-state index is -0.337. The number of hydrogen-bond acceptors (Lipinski definition) is 6. The van der Waals surface area contributed by atoms with Crippen LogP contribution in [0.5, 0.6) is 0 Å². The zero-order valence-corrected chi connectivity index (χ0v) is 9.60. The van der Waals surface area contributed by atoms with Gasteiger partial charge in [0, 0.05) is 20.2 Å². The standard InChI is InChI=1S/C9H14N2O3S/c1-13-4-3-10-6-8-11-5-7(15-8)9(12)14-2/h5,10H,3-4,6H2,1-2H3. The zero-order chi connectivity index (χ0) is 11.1. The predicted molar refractivity (Wildman–Crippen MR) is 57.0 cm³/mol. The molecule has 0 aliphatic heterocycles. The number of nitrogens with one attached hydrogen (secondary N) is 1. The van der Waals surface area contributed by atoms with E-state index in [0.29, 0.717) is 18.0 Å². The van der Waals surface area contributed by atoms with E-state index in [0.717, 1.165) is 11.6 Å². The van der Waals surface area contributed by atoms with Crippen LogP contribution in [0.3, 0.4) is 0 Å². The quantitative estimate of drug-likeness (QED) is 0.575. The van der Waals surface area contributed by atoms with Gasteiger partial charge in [0.2, 0.25) is 0 Å². The molecule has 0 atom stereocenters. The van der Waals surface area contributed by atoms with E-state index in [4.69, 9.17) is 4.74 Å². The maximum atomic E-state index is 11.1. The Bertz CT molecular complexity index is 314. The lowest BCUT2D eigenvalue weighted by atomic mass is 10.5. The normalized spacial score (nSPS) is 10.3. The van der Waals surface area contributed by atoms with Crippen molar-refractivity contribution in [2.24, 2.45) is 0 Å². The molecule has 1 N–H and O–H groups in total. The number of thiazole rings is 1. The Balaban J connectivity index is 2.36. The number of nitrogens with zero attached hydrogens (tertiary/aromatic N) is 1. The first-order valence-corrected chi connectivity index (χ1v) is 5.32. The lowest BCUT2D eigenvalue weighted by Gasteiger charge is -1.99. The average molecular weight is 230 g/mol. The van der Waals surface area contributed by atoms with Gasteiger partial charge in [-0.3, -0.25) is 0 Å². The number of carbonyl (C=O) groups excluding carboxylic acids is 1.